The molecule has 1 aliphatic heterocycles. The van der Waals surface area contributed by atoms with Crippen molar-refractivity contribution in [2.24, 2.45) is 17.1 Å². The monoisotopic (exact) mass is 249 g/mol. The third-order valence-electron chi connectivity index (χ3n) is 3.49. The first-order valence-corrected chi connectivity index (χ1v) is 7.18. The minimum atomic E-state index is -2.92. The van der Waals surface area contributed by atoms with Crippen molar-refractivity contribution in [3.05, 3.63) is 0 Å². The Hall–Kier alpha value is -0.620. The summed E-state index contributed by atoms with van der Waals surface area (Å²) in [5.41, 5.74) is 4.93. The third-order valence-corrected chi connectivity index (χ3v) is 5.21. The standard InChI is InChI=1S/C10H19NO4S/c1-10(2,9(12)13)8(11)7-3-5-16(14,15)6-4-7/h7-8H,3-6,11H2,1-2H3,(H,12,13). The highest BCUT2D eigenvalue weighted by Gasteiger charge is 2.40. The Morgan fingerprint density at radius 3 is 2.19 bits per heavy atom. The molecule has 0 spiro atoms. The second kappa shape index (κ2) is 4.33. The molecule has 94 valence electrons. The second-order valence-corrected chi connectivity index (χ2v) is 7.35. The van der Waals surface area contributed by atoms with Gasteiger partial charge >= 0.3 is 5.97 Å². The lowest BCUT2D eigenvalue weighted by Crippen LogP contribution is -2.49. The lowest BCUT2D eigenvalue weighted by atomic mass is 9.76. The van der Waals surface area contributed by atoms with Crippen molar-refractivity contribution in [2.45, 2.75) is 32.7 Å². The van der Waals surface area contributed by atoms with Gasteiger partial charge < -0.3 is 10.8 Å². The Morgan fingerprint density at radius 1 is 1.38 bits per heavy atom. The zero-order valence-corrected chi connectivity index (χ0v) is 10.5. The van der Waals surface area contributed by atoms with Crippen molar-refractivity contribution in [1.82, 2.24) is 0 Å². The van der Waals surface area contributed by atoms with Crippen LogP contribution in [0.1, 0.15) is 26.7 Å². The minimum Gasteiger partial charge on any atom is -0.481 e. The first kappa shape index (κ1) is 13.4. The zero-order valence-electron chi connectivity index (χ0n) is 9.64. The molecule has 3 N–H and O–H groups in total. The van der Waals surface area contributed by atoms with Crippen LogP contribution in [-0.2, 0) is 14.6 Å². The van der Waals surface area contributed by atoms with Crippen LogP contribution in [0.2, 0.25) is 0 Å². The molecular formula is C10H19NO4S. The quantitative estimate of drug-likeness (QED) is 0.747. The van der Waals surface area contributed by atoms with E-state index >= 15 is 0 Å². The van der Waals surface area contributed by atoms with Crippen LogP contribution in [0.15, 0.2) is 0 Å². The highest BCUT2D eigenvalue weighted by atomic mass is 32.2. The van der Waals surface area contributed by atoms with E-state index in [0.29, 0.717) is 12.8 Å². The Balaban J connectivity index is 2.71. The lowest BCUT2D eigenvalue weighted by molar-refractivity contribution is -0.148. The van der Waals surface area contributed by atoms with Gasteiger partial charge in [0.05, 0.1) is 16.9 Å². The number of nitrogens with two attached hydrogens (primary N) is 1. The zero-order chi connectivity index (χ0) is 12.6. The minimum absolute atomic E-state index is 0.0189. The van der Waals surface area contributed by atoms with E-state index in [1.807, 2.05) is 0 Å². The fourth-order valence-corrected chi connectivity index (χ4v) is 3.53. The summed E-state index contributed by atoms with van der Waals surface area (Å²) in [6.45, 7) is 3.17. The van der Waals surface area contributed by atoms with Crippen LogP contribution in [0, 0.1) is 11.3 Å². The molecule has 1 fully saturated rings. The van der Waals surface area contributed by atoms with Crippen LogP contribution in [0.25, 0.3) is 0 Å². The Kier molecular flexibility index (Phi) is 3.64. The number of aliphatic carboxylic acids is 1. The summed E-state index contributed by atoms with van der Waals surface area (Å²) in [6, 6.07) is -0.500. The van der Waals surface area contributed by atoms with Crippen LogP contribution >= 0.6 is 0 Å². The van der Waals surface area contributed by atoms with Crippen molar-refractivity contribution < 1.29 is 18.3 Å². The highest BCUT2D eigenvalue weighted by Crippen LogP contribution is 2.31. The number of rotatable bonds is 3. The molecule has 16 heavy (non-hydrogen) atoms. The van der Waals surface area contributed by atoms with E-state index in [2.05, 4.69) is 0 Å². The molecular weight excluding hydrogens is 230 g/mol. The van der Waals surface area contributed by atoms with Gasteiger partial charge in [0.15, 0.2) is 0 Å². The predicted octanol–water partition coefficient (Wildman–Crippen LogP) is 0.249. The molecule has 0 aromatic rings. The normalized spacial score (nSPS) is 23.9. The van der Waals surface area contributed by atoms with Gasteiger partial charge in [0.2, 0.25) is 0 Å². The van der Waals surface area contributed by atoms with E-state index in [9.17, 15) is 13.2 Å². The van der Waals surface area contributed by atoms with Gasteiger partial charge in [0.25, 0.3) is 0 Å². The van der Waals surface area contributed by atoms with Crippen LogP contribution in [0.5, 0.6) is 0 Å². The van der Waals surface area contributed by atoms with Crippen molar-refractivity contribution in [2.75, 3.05) is 11.5 Å². The molecule has 1 atom stereocenters. The summed E-state index contributed by atoms with van der Waals surface area (Å²) in [4.78, 5) is 11.0. The van der Waals surface area contributed by atoms with E-state index in [1.165, 1.54) is 0 Å². The SMILES string of the molecule is CC(C)(C(=O)O)C(N)C1CCS(=O)(=O)CC1. The largest absolute Gasteiger partial charge is 0.481 e. The first-order valence-electron chi connectivity index (χ1n) is 5.36. The van der Waals surface area contributed by atoms with Crippen LogP contribution < -0.4 is 5.73 Å². The number of hydrogen-bond acceptors (Lipinski definition) is 4. The van der Waals surface area contributed by atoms with Gasteiger partial charge in [-0.15, -0.1) is 0 Å². The van der Waals surface area contributed by atoms with Crippen LogP contribution in [-0.4, -0.2) is 37.0 Å². The summed E-state index contributed by atoms with van der Waals surface area (Å²) in [5, 5.41) is 9.05. The molecule has 5 nitrogen and oxygen atoms in total. The average Bonchev–Trinajstić information content (AvgIpc) is 2.16. The van der Waals surface area contributed by atoms with Gasteiger partial charge in [0.1, 0.15) is 9.84 Å². The second-order valence-electron chi connectivity index (χ2n) is 5.04. The van der Waals surface area contributed by atoms with Crippen molar-refractivity contribution in [1.29, 1.82) is 0 Å². The van der Waals surface area contributed by atoms with Crippen LogP contribution in [0.3, 0.4) is 0 Å². The number of hydrogen-bond donors (Lipinski definition) is 2. The molecule has 0 bridgehead atoms. The molecule has 1 aliphatic rings. The fraction of sp³-hybridized carbons (Fsp3) is 0.900. The van der Waals surface area contributed by atoms with Crippen molar-refractivity contribution in [3.63, 3.8) is 0 Å². The molecule has 1 heterocycles. The number of carboxylic acid groups (broad SMARTS) is 1. The third kappa shape index (κ3) is 2.74. The van der Waals surface area contributed by atoms with E-state index in [1.54, 1.807) is 13.8 Å². The summed E-state index contributed by atoms with van der Waals surface area (Å²) < 4.78 is 22.5. The van der Waals surface area contributed by atoms with E-state index in [0.717, 1.165) is 0 Å². The predicted molar refractivity (Wildman–Crippen MR) is 60.8 cm³/mol. The summed E-state index contributed by atoms with van der Waals surface area (Å²) in [6.07, 6.45) is 0.945. The molecule has 0 radical (unpaired) electrons. The summed E-state index contributed by atoms with van der Waals surface area (Å²) in [5.74, 6) is -0.703. The number of sulfone groups is 1. The van der Waals surface area contributed by atoms with Gasteiger partial charge in [-0.1, -0.05) is 0 Å². The first-order chi connectivity index (χ1) is 7.17. The van der Waals surface area contributed by atoms with E-state index < -0.39 is 27.3 Å². The maximum Gasteiger partial charge on any atom is 0.310 e. The van der Waals surface area contributed by atoms with Gasteiger partial charge in [0, 0.05) is 6.04 Å². The van der Waals surface area contributed by atoms with Gasteiger partial charge in [-0.3, -0.25) is 4.79 Å². The molecule has 0 amide bonds. The number of carboxylic acids is 1. The Morgan fingerprint density at radius 2 is 1.81 bits per heavy atom. The summed E-state index contributed by atoms with van der Waals surface area (Å²) >= 11 is 0. The number of carbonyl (C=O) groups is 1. The molecule has 0 aromatic carbocycles. The Labute approximate surface area is 95.9 Å². The maximum absolute atomic E-state index is 11.2. The van der Waals surface area contributed by atoms with Crippen LogP contribution in [0.4, 0.5) is 0 Å². The average molecular weight is 249 g/mol. The topological polar surface area (TPSA) is 97.5 Å². The van der Waals surface area contributed by atoms with E-state index in [4.69, 9.17) is 10.8 Å². The summed E-state index contributed by atoms with van der Waals surface area (Å²) in [7, 11) is -2.92. The van der Waals surface area contributed by atoms with Gasteiger partial charge in [-0.2, -0.15) is 0 Å². The van der Waals surface area contributed by atoms with Crippen molar-refractivity contribution >= 4 is 15.8 Å². The molecule has 0 saturated carbocycles. The maximum atomic E-state index is 11.2. The fourth-order valence-electron chi connectivity index (χ4n) is 2.00. The molecule has 1 rings (SSSR count). The van der Waals surface area contributed by atoms with Crippen molar-refractivity contribution in [3.8, 4) is 0 Å². The smallest absolute Gasteiger partial charge is 0.310 e. The molecule has 6 heteroatoms. The van der Waals surface area contributed by atoms with Gasteiger partial charge in [-0.05, 0) is 32.6 Å². The van der Waals surface area contributed by atoms with E-state index in [-0.39, 0.29) is 17.4 Å². The highest BCUT2D eigenvalue weighted by molar-refractivity contribution is 7.91. The molecule has 0 aromatic heterocycles. The lowest BCUT2D eigenvalue weighted by Gasteiger charge is -2.35. The molecule has 0 aliphatic carbocycles. The van der Waals surface area contributed by atoms with Gasteiger partial charge in [-0.25, -0.2) is 8.42 Å². The Bertz CT molecular complexity index is 360. The molecule has 1 unspecified atom stereocenters. The molecule has 1 saturated heterocycles.